The molecule has 1 aliphatic carbocycles. The lowest BCUT2D eigenvalue weighted by molar-refractivity contribution is -0.133. The molecule has 0 unspecified atom stereocenters. The first-order valence-corrected chi connectivity index (χ1v) is 12.6. The van der Waals surface area contributed by atoms with Crippen molar-refractivity contribution in [3.8, 4) is 11.4 Å². The number of thioether (sulfide) groups is 1. The van der Waals surface area contributed by atoms with E-state index in [1.807, 2.05) is 11.6 Å². The van der Waals surface area contributed by atoms with Gasteiger partial charge in [0.2, 0.25) is 5.91 Å². The standard InChI is InChI=1S/C24H37N5OS/c1-6-28(7-2)20-15-13-19(14-16-20)23-25-26-24(27(23)5)31-17-22(30)29(18(3)4)21-11-9-8-10-12-21/h13-16,18,21H,6-12,17H2,1-5H3. The number of carbonyl (C=O) groups is 1. The van der Waals surface area contributed by atoms with Crippen LogP contribution in [0.1, 0.15) is 59.8 Å². The molecule has 1 aromatic heterocycles. The lowest BCUT2D eigenvalue weighted by Crippen LogP contribution is -2.46. The van der Waals surface area contributed by atoms with Crippen LogP contribution < -0.4 is 4.90 Å². The smallest absolute Gasteiger partial charge is 0.233 e. The molecular weight excluding hydrogens is 406 g/mol. The Morgan fingerprint density at radius 1 is 1.10 bits per heavy atom. The number of anilines is 1. The topological polar surface area (TPSA) is 54.3 Å². The molecule has 0 bridgehead atoms. The average molecular weight is 444 g/mol. The van der Waals surface area contributed by atoms with Crippen molar-refractivity contribution in [1.29, 1.82) is 0 Å². The van der Waals surface area contributed by atoms with Gasteiger partial charge in [-0.15, -0.1) is 10.2 Å². The highest BCUT2D eigenvalue weighted by Crippen LogP contribution is 2.28. The zero-order valence-corrected chi connectivity index (χ0v) is 20.5. The van der Waals surface area contributed by atoms with Crippen LogP contribution in [-0.2, 0) is 11.8 Å². The molecule has 170 valence electrons. The summed E-state index contributed by atoms with van der Waals surface area (Å²) in [6.45, 7) is 10.6. The summed E-state index contributed by atoms with van der Waals surface area (Å²) in [6.07, 6.45) is 6.02. The normalized spacial score (nSPS) is 14.8. The first kappa shape index (κ1) is 23.6. The fourth-order valence-electron chi connectivity index (χ4n) is 4.58. The molecule has 0 N–H and O–H groups in total. The molecule has 7 heteroatoms. The molecule has 0 saturated heterocycles. The minimum Gasteiger partial charge on any atom is -0.372 e. The fourth-order valence-corrected chi connectivity index (χ4v) is 5.36. The second kappa shape index (κ2) is 11.0. The second-order valence-electron chi connectivity index (χ2n) is 8.56. The van der Waals surface area contributed by atoms with Crippen molar-refractivity contribution in [2.24, 2.45) is 7.05 Å². The van der Waals surface area contributed by atoms with Gasteiger partial charge in [-0.25, -0.2) is 0 Å². The van der Waals surface area contributed by atoms with Crippen molar-refractivity contribution >= 4 is 23.4 Å². The van der Waals surface area contributed by atoms with E-state index in [1.165, 1.54) is 36.7 Å². The third-order valence-corrected chi connectivity index (χ3v) is 7.23. The van der Waals surface area contributed by atoms with Crippen molar-refractivity contribution in [2.75, 3.05) is 23.7 Å². The Bertz CT molecular complexity index is 838. The van der Waals surface area contributed by atoms with Gasteiger partial charge in [0.05, 0.1) is 5.75 Å². The Balaban J connectivity index is 1.66. The molecule has 0 aliphatic heterocycles. The molecule has 1 heterocycles. The van der Waals surface area contributed by atoms with E-state index >= 15 is 0 Å². The zero-order chi connectivity index (χ0) is 22.4. The maximum atomic E-state index is 13.0. The molecular formula is C24H37N5OS. The fraction of sp³-hybridized carbons (Fsp3) is 0.625. The third-order valence-electron chi connectivity index (χ3n) is 6.23. The molecule has 3 rings (SSSR count). The number of rotatable bonds is 9. The Hall–Kier alpha value is -2.02. The summed E-state index contributed by atoms with van der Waals surface area (Å²) in [6, 6.07) is 9.09. The lowest BCUT2D eigenvalue weighted by Gasteiger charge is -2.37. The summed E-state index contributed by atoms with van der Waals surface area (Å²) < 4.78 is 1.99. The highest BCUT2D eigenvalue weighted by Gasteiger charge is 2.27. The van der Waals surface area contributed by atoms with Crippen LogP contribution in [0.5, 0.6) is 0 Å². The van der Waals surface area contributed by atoms with Crippen molar-refractivity contribution in [3.05, 3.63) is 24.3 Å². The van der Waals surface area contributed by atoms with Crippen LogP contribution >= 0.6 is 11.8 Å². The first-order valence-electron chi connectivity index (χ1n) is 11.6. The summed E-state index contributed by atoms with van der Waals surface area (Å²) in [5.41, 5.74) is 2.25. The summed E-state index contributed by atoms with van der Waals surface area (Å²) >= 11 is 1.49. The maximum absolute atomic E-state index is 13.0. The number of hydrogen-bond acceptors (Lipinski definition) is 5. The largest absolute Gasteiger partial charge is 0.372 e. The van der Waals surface area contributed by atoms with Gasteiger partial charge in [-0.3, -0.25) is 4.79 Å². The summed E-state index contributed by atoms with van der Waals surface area (Å²) in [7, 11) is 1.97. The number of nitrogens with zero attached hydrogens (tertiary/aromatic N) is 5. The van der Waals surface area contributed by atoms with Crippen LogP contribution in [0.25, 0.3) is 11.4 Å². The van der Waals surface area contributed by atoms with Crippen LogP contribution in [0, 0.1) is 0 Å². The minimum atomic E-state index is 0.208. The monoisotopic (exact) mass is 443 g/mol. The third kappa shape index (κ3) is 5.62. The van der Waals surface area contributed by atoms with E-state index in [9.17, 15) is 4.79 Å². The van der Waals surface area contributed by atoms with Gasteiger partial charge in [-0.1, -0.05) is 31.0 Å². The minimum absolute atomic E-state index is 0.208. The van der Waals surface area contributed by atoms with Crippen LogP contribution in [0.4, 0.5) is 5.69 Å². The highest BCUT2D eigenvalue weighted by molar-refractivity contribution is 7.99. The SMILES string of the molecule is CCN(CC)c1ccc(-c2nnc(SCC(=O)N(C(C)C)C3CCCCC3)n2C)cc1. The second-order valence-corrected chi connectivity index (χ2v) is 9.50. The molecule has 0 spiro atoms. The van der Waals surface area contributed by atoms with Crippen LogP contribution in [0.3, 0.4) is 0 Å². The van der Waals surface area contributed by atoms with Gasteiger partial charge in [-0.2, -0.15) is 0 Å². The van der Waals surface area contributed by atoms with E-state index in [2.05, 4.69) is 72.0 Å². The zero-order valence-electron chi connectivity index (χ0n) is 19.7. The van der Waals surface area contributed by atoms with Gasteiger partial charge in [0.1, 0.15) is 0 Å². The maximum Gasteiger partial charge on any atom is 0.233 e. The molecule has 1 fully saturated rings. The van der Waals surface area contributed by atoms with E-state index in [4.69, 9.17) is 0 Å². The van der Waals surface area contributed by atoms with E-state index in [0.29, 0.717) is 11.8 Å². The van der Waals surface area contributed by atoms with Gasteiger partial charge >= 0.3 is 0 Å². The van der Waals surface area contributed by atoms with Crippen molar-refractivity contribution in [1.82, 2.24) is 19.7 Å². The van der Waals surface area contributed by atoms with Crippen molar-refractivity contribution in [2.45, 2.75) is 77.0 Å². The summed E-state index contributed by atoms with van der Waals surface area (Å²) in [4.78, 5) is 17.5. The molecule has 2 aromatic rings. The Morgan fingerprint density at radius 2 is 1.74 bits per heavy atom. The Labute approximate surface area is 191 Å². The van der Waals surface area contributed by atoms with E-state index in [-0.39, 0.29) is 11.9 Å². The number of amides is 1. The molecule has 0 atom stereocenters. The predicted molar refractivity (Wildman–Crippen MR) is 130 cm³/mol. The van der Waals surface area contributed by atoms with Gasteiger partial charge in [0.25, 0.3) is 0 Å². The average Bonchev–Trinajstić information content (AvgIpc) is 3.14. The Kier molecular flexibility index (Phi) is 8.41. The van der Waals surface area contributed by atoms with Crippen LogP contribution in [0.15, 0.2) is 29.4 Å². The van der Waals surface area contributed by atoms with Gasteiger partial charge < -0.3 is 14.4 Å². The van der Waals surface area contributed by atoms with Crippen molar-refractivity contribution in [3.63, 3.8) is 0 Å². The van der Waals surface area contributed by atoms with E-state index in [0.717, 1.165) is 42.5 Å². The molecule has 31 heavy (non-hydrogen) atoms. The Morgan fingerprint density at radius 3 is 2.32 bits per heavy atom. The summed E-state index contributed by atoms with van der Waals surface area (Å²) in [5.74, 6) is 1.44. The van der Waals surface area contributed by atoms with Crippen LogP contribution in [0.2, 0.25) is 0 Å². The van der Waals surface area contributed by atoms with Crippen LogP contribution in [-0.4, -0.2) is 56.5 Å². The number of benzene rings is 1. The molecule has 0 radical (unpaired) electrons. The first-order chi connectivity index (χ1) is 15.0. The number of aromatic nitrogens is 3. The quantitative estimate of drug-likeness (QED) is 0.511. The number of hydrogen-bond donors (Lipinski definition) is 0. The van der Waals surface area contributed by atoms with Gasteiger partial charge in [0, 0.05) is 43.5 Å². The van der Waals surface area contributed by atoms with E-state index < -0.39 is 0 Å². The van der Waals surface area contributed by atoms with Crippen molar-refractivity contribution < 1.29 is 4.79 Å². The van der Waals surface area contributed by atoms with Gasteiger partial charge in [-0.05, 0) is 64.8 Å². The highest BCUT2D eigenvalue weighted by atomic mass is 32.2. The molecule has 1 aliphatic rings. The molecule has 1 saturated carbocycles. The molecule has 6 nitrogen and oxygen atoms in total. The van der Waals surface area contributed by atoms with E-state index in [1.54, 1.807) is 0 Å². The molecule has 1 amide bonds. The molecule has 1 aromatic carbocycles. The van der Waals surface area contributed by atoms with Gasteiger partial charge in [0.15, 0.2) is 11.0 Å². The lowest BCUT2D eigenvalue weighted by atomic mass is 9.93. The predicted octanol–water partition coefficient (Wildman–Crippen LogP) is 4.99. The number of carbonyl (C=O) groups excluding carboxylic acids is 1. The summed E-state index contributed by atoms with van der Waals surface area (Å²) in [5, 5.41) is 9.55.